The summed E-state index contributed by atoms with van der Waals surface area (Å²) in [4.78, 5) is 2.52. The number of fused-ring (bicyclic) bond motifs is 6. The van der Waals surface area contributed by atoms with Gasteiger partial charge in [0.2, 0.25) is 0 Å². The molecule has 0 saturated heterocycles. The summed E-state index contributed by atoms with van der Waals surface area (Å²) in [5.74, 6) is 0. The van der Waals surface area contributed by atoms with E-state index in [0.29, 0.717) is 0 Å². The van der Waals surface area contributed by atoms with Gasteiger partial charge in [0.05, 0.1) is 11.4 Å². The highest BCUT2D eigenvalue weighted by atomic mass is 15.1. The van der Waals surface area contributed by atoms with Crippen LogP contribution in [-0.2, 0) is 17.3 Å². The van der Waals surface area contributed by atoms with Gasteiger partial charge in [-0.1, -0.05) is 226 Å². The highest BCUT2D eigenvalue weighted by Crippen LogP contribution is 2.55. The molecule has 2 aliphatic rings. The summed E-state index contributed by atoms with van der Waals surface area (Å²) in [6.45, 7) is 4.72. The summed E-state index contributed by atoms with van der Waals surface area (Å²) in [7, 11) is 0. The third kappa shape index (κ3) is 6.38. The van der Waals surface area contributed by atoms with Gasteiger partial charge in [-0.3, -0.25) is 0 Å². The molecular weight excluding hydrogens is 795 g/mol. The van der Waals surface area contributed by atoms with Crippen LogP contribution in [0.2, 0.25) is 0 Å². The van der Waals surface area contributed by atoms with Gasteiger partial charge in [0.25, 0.3) is 0 Å². The van der Waals surface area contributed by atoms with Crippen LogP contribution in [0.5, 0.6) is 0 Å². The van der Waals surface area contributed by atoms with Crippen molar-refractivity contribution < 1.29 is 0 Å². The maximum absolute atomic E-state index is 2.52. The molecule has 12 rings (SSSR count). The first-order valence-corrected chi connectivity index (χ1v) is 23.2. The molecular formula is C65H49N. The minimum Gasteiger partial charge on any atom is -0.309 e. The first-order valence-electron chi connectivity index (χ1n) is 23.2. The predicted octanol–water partition coefficient (Wildman–Crippen LogP) is 17.0. The second-order valence-corrected chi connectivity index (χ2v) is 18.4. The lowest BCUT2D eigenvalue weighted by Crippen LogP contribution is -2.35. The lowest BCUT2D eigenvalue weighted by Gasteiger charge is -2.43. The van der Waals surface area contributed by atoms with E-state index in [9.17, 15) is 0 Å². The molecule has 66 heavy (non-hydrogen) atoms. The van der Waals surface area contributed by atoms with Crippen molar-refractivity contribution in [2.45, 2.75) is 31.1 Å². The number of para-hydroxylation sites is 1. The molecule has 1 nitrogen and oxygen atoms in total. The highest BCUT2D eigenvalue weighted by Gasteiger charge is 2.43. The molecule has 0 N–H and O–H groups in total. The van der Waals surface area contributed by atoms with Crippen molar-refractivity contribution in [3.05, 3.63) is 282 Å². The maximum atomic E-state index is 2.52. The molecule has 2 aliphatic carbocycles. The van der Waals surface area contributed by atoms with Gasteiger partial charge in [-0.15, -0.1) is 0 Å². The van der Waals surface area contributed by atoms with E-state index in [1.54, 1.807) is 0 Å². The topological polar surface area (TPSA) is 3.24 Å². The zero-order chi connectivity index (χ0) is 44.2. The van der Waals surface area contributed by atoms with Crippen LogP contribution in [0.25, 0.3) is 55.6 Å². The molecule has 10 aromatic carbocycles. The van der Waals surface area contributed by atoms with E-state index in [-0.39, 0.29) is 10.8 Å². The number of benzene rings is 10. The van der Waals surface area contributed by atoms with Crippen LogP contribution < -0.4 is 4.90 Å². The molecule has 0 spiro atoms. The molecule has 0 atom stereocenters. The predicted molar refractivity (Wildman–Crippen MR) is 277 cm³/mol. The minimum absolute atomic E-state index is 0.0680. The van der Waals surface area contributed by atoms with Gasteiger partial charge in [0, 0.05) is 27.6 Å². The fourth-order valence-corrected chi connectivity index (χ4v) is 11.3. The van der Waals surface area contributed by atoms with Crippen molar-refractivity contribution in [2.75, 3.05) is 4.90 Å². The van der Waals surface area contributed by atoms with E-state index < -0.39 is 0 Å². The summed E-state index contributed by atoms with van der Waals surface area (Å²) in [6.07, 6.45) is 0.827. The van der Waals surface area contributed by atoms with Crippen molar-refractivity contribution in [2.24, 2.45) is 0 Å². The van der Waals surface area contributed by atoms with E-state index in [1.807, 2.05) is 0 Å². The second-order valence-electron chi connectivity index (χ2n) is 18.4. The van der Waals surface area contributed by atoms with Crippen LogP contribution in [0.15, 0.2) is 249 Å². The van der Waals surface area contributed by atoms with E-state index >= 15 is 0 Å². The Kier molecular flexibility index (Phi) is 9.54. The molecule has 0 radical (unpaired) electrons. The summed E-state index contributed by atoms with van der Waals surface area (Å²) < 4.78 is 0. The van der Waals surface area contributed by atoms with Crippen molar-refractivity contribution in [1.82, 2.24) is 0 Å². The molecule has 0 saturated carbocycles. The Morgan fingerprint density at radius 2 is 0.833 bits per heavy atom. The summed E-state index contributed by atoms with van der Waals surface area (Å²) >= 11 is 0. The van der Waals surface area contributed by atoms with Crippen LogP contribution in [-0.4, -0.2) is 0 Å². The first-order chi connectivity index (χ1) is 32.5. The number of anilines is 3. The fraction of sp³-hybridized carbons (Fsp3) is 0.0769. The Hall–Kier alpha value is -8.00. The molecule has 0 heterocycles. The average molecular weight is 844 g/mol. The molecule has 0 aliphatic heterocycles. The summed E-state index contributed by atoms with van der Waals surface area (Å²) in [5.41, 5.74) is 23.4. The van der Waals surface area contributed by atoms with Crippen LogP contribution >= 0.6 is 0 Å². The van der Waals surface area contributed by atoms with Crippen LogP contribution in [0.1, 0.15) is 47.2 Å². The Balaban J connectivity index is 1.05. The molecule has 1 heteroatoms. The van der Waals surface area contributed by atoms with Gasteiger partial charge < -0.3 is 4.90 Å². The quantitative estimate of drug-likeness (QED) is 0.147. The van der Waals surface area contributed by atoms with Crippen LogP contribution in [0, 0.1) is 0 Å². The van der Waals surface area contributed by atoms with Crippen molar-refractivity contribution in [1.29, 1.82) is 0 Å². The standard InChI is InChI=1S/C65H49N/c1-64(2)58-32-15-12-30-55(58)56-41-38-48(43-60(56)64)46-36-39-53(40-37-46)66(61-34-17-14-29-54(61)49-23-18-22-47(42-49)45-20-6-3-7-21-45)62-35-19-24-50-44-65(51-25-8-4-9-26-51,52-27-10-5-11-28-52)59-33-16-13-31-57(59)63(50)62/h3-43H,44H2,1-2H3. The van der Waals surface area contributed by atoms with Crippen molar-refractivity contribution in [3.63, 3.8) is 0 Å². The van der Waals surface area contributed by atoms with Gasteiger partial charge in [0.1, 0.15) is 0 Å². The molecule has 0 bridgehead atoms. The largest absolute Gasteiger partial charge is 0.309 e. The third-order valence-corrected chi connectivity index (χ3v) is 14.5. The maximum Gasteiger partial charge on any atom is 0.0543 e. The SMILES string of the molecule is CC1(C)c2ccccc2-c2ccc(-c3ccc(N(c4ccccc4-c4cccc(-c5ccccc5)c4)c4cccc5c4-c4ccccc4C(c4ccccc4)(c4ccccc4)C5)cc3)cc21. The fourth-order valence-electron chi connectivity index (χ4n) is 11.3. The van der Waals surface area contributed by atoms with Gasteiger partial charge in [-0.05, 0) is 121 Å². The van der Waals surface area contributed by atoms with E-state index in [1.165, 1.54) is 89.0 Å². The van der Waals surface area contributed by atoms with Crippen LogP contribution in [0.4, 0.5) is 17.1 Å². The van der Waals surface area contributed by atoms with Crippen molar-refractivity contribution >= 4 is 17.1 Å². The lowest BCUT2D eigenvalue weighted by molar-refractivity contribution is 0.606. The third-order valence-electron chi connectivity index (χ3n) is 14.5. The summed E-state index contributed by atoms with van der Waals surface area (Å²) in [5, 5.41) is 0. The van der Waals surface area contributed by atoms with Gasteiger partial charge in [-0.2, -0.15) is 0 Å². The van der Waals surface area contributed by atoms with Gasteiger partial charge >= 0.3 is 0 Å². The smallest absolute Gasteiger partial charge is 0.0543 e. The number of hydrogen-bond donors (Lipinski definition) is 0. The van der Waals surface area contributed by atoms with Crippen LogP contribution in [0.3, 0.4) is 0 Å². The average Bonchev–Trinajstić information content (AvgIpc) is 3.62. The lowest BCUT2D eigenvalue weighted by atomic mass is 9.61. The number of rotatable bonds is 8. The van der Waals surface area contributed by atoms with E-state index in [4.69, 9.17) is 0 Å². The monoisotopic (exact) mass is 843 g/mol. The van der Waals surface area contributed by atoms with E-state index in [0.717, 1.165) is 23.5 Å². The van der Waals surface area contributed by atoms with Gasteiger partial charge in [-0.25, -0.2) is 0 Å². The normalized spacial score (nSPS) is 13.8. The Bertz CT molecular complexity index is 3360. The Morgan fingerprint density at radius 1 is 0.333 bits per heavy atom. The summed E-state index contributed by atoms with van der Waals surface area (Å²) in [6, 6.07) is 92.2. The molecule has 0 unspecified atom stereocenters. The second kappa shape index (κ2) is 15.9. The molecule has 0 aromatic heterocycles. The number of hydrogen-bond acceptors (Lipinski definition) is 1. The minimum atomic E-state index is -0.376. The Morgan fingerprint density at radius 3 is 1.56 bits per heavy atom. The highest BCUT2D eigenvalue weighted by molar-refractivity contribution is 5.97. The van der Waals surface area contributed by atoms with E-state index in [2.05, 4.69) is 267 Å². The zero-order valence-electron chi connectivity index (χ0n) is 37.3. The molecule has 314 valence electrons. The Labute approximate surface area is 389 Å². The zero-order valence-corrected chi connectivity index (χ0v) is 37.3. The molecule has 0 fully saturated rings. The first kappa shape index (κ1) is 39.6. The van der Waals surface area contributed by atoms with Crippen molar-refractivity contribution in [3.8, 4) is 55.6 Å². The van der Waals surface area contributed by atoms with Gasteiger partial charge in [0.15, 0.2) is 0 Å². The molecule has 10 aromatic rings. The molecule has 0 amide bonds. The number of nitrogens with zero attached hydrogens (tertiary/aromatic N) is 1.